The monoisotopic (exact) mass is 278 g/mol. The summed E-state index contributed by atoms with van der Waals surface area (Å²) in [4.78, 5) is 14.2. The van der Waals surface area contributed by atoms with E-state index in [2.05, 4.69) is 24.1 Å². The van der Waals surface area contributed by atoms with E-state index >= 15 is 0 Å². The molecule has 112 valence electrons. The van der Waals surface area contributed by atoms with Crippen molar-refractivity contribution in [3.63, 3.8) is 0 Å². The minimum atomic E-state index is 0.0247. The number of rotatable bonds is 8. The number of nitrogens with zero attached hydrogens (tertiary/aromatic N) is 1. The Labute approximate surface area is 122 Å². The second-order valence-corrected chi connectivity index (χ2v) is 4.99. The lowest BCUT2D eigenvalue weighted by atomic mass is 10.2. The highest BCUT2D eigenvalue weighted by molar-refractivity contribution is 5.92. The van der Waals surface area contributed by atoms with Crippen molar-refractivity contribution in [3.05, 3.63) is 24.3 Å². The van der Waals surface area contributed by atoms with Crippen LogP contribution in [0, 0.1) is 0 Å². The van der Waals surface area contributed by atoms with Crippen LogP contribution >= 0.6 is 0 Å². The molecule has 0 saturated carbocycles. The molecular formula is C16H26N2O2. The second kappa shape index (κ2) is 8.59. The molecule has 0 aromatic heterocycles. The highest BCUT2D eigenvalue weighted by Gasteiger charge is 2.09. The van der Waals surface area contributed by atoms with Gasteiger partial charge in [0.1, 0.15) is 5.75 Å². The van der Waals surface area contributed by atoms with E-state index in [0.29, 0.717) is 6.42 Å². The van der Waals surface area contributed by atoms with Gasteiger partial charge in [0, 0.05) is 13.0 Å². The first kappa shape index (κ1) is 16.5. The van der Waals surface area contributed by atoms with Crippen molar-refractivity contribution >= 4 is 11.6 Å². The Hall–Kier alpha value is -1.55. The van der Waals surface area contributed by atoms with Crippen LogP contribution in [0.25, 0.3) is 0 Å². The lowest BCUT2D eigenvalue weighted by molar-refractivity contribution is -0.116. The summed E-state index contributed by atoms with van der Waals surface area (Å²) in [6.45, 7) is 10.9. The molecule has 0 aliphatic carbocycles. The summed E-state index contributed by atoms with van der Waals surface area (Å²) in [6.07, 6.45) is 0.584. The fraction of sp³-hybridized carbons (Fsp3) is 0.562. The zero-order valence-electron chi connectivity index (χ0n) is 13.0. The number of ether oxygens (including phenoxy) is 1. The molecule has 0 aliphatic heterocycles. The summed E-state index contributed by atoms with van der Waals surface area (Å²) >= 11 is 0. The van der Waals surface area contributed by atoms with Crippen molar-refractivity contribution in [3.8, 4) is 5.75 Å². The summed E-state index contributed by atoms with van der Waals surface area (Å²) in [5, 5.41) is 2.93. The average Bonchev–Trinajstić information content (AvgIpc) is 2.41. The largest absolute Gasteiger partial charge is 0.489 e. The Morgan fingerprint density at radius 3 is 2.50 bits per heavy atom. The van der Waals surface area contributed by atoms with Gasteiger partial charge in [-0.1, -0.05) is 26.0 Å². The van der Waals surface area contributed by atoms with Gasteiger partial charge < -0.3 is 15.0 Å². The summed E-state index contributed by atoms with van der Waals surface area (Å²) in [7, 11) is 0. The van der Waals surface area contributed by atoms with E-state index in [1.807, 2.05) is 38.1 Å². The van der Waals surface area contributed by atoms with Crippen molar-refractivity contribution in [1.29, 1.82) is 0 Å². The number of para-hydroxylation sites is 2. The fourth-order valence-electron chi connectivity index (χ4n) is 1.94. The summed E-state index contributed by atoms with van der Waals surface area (Å²) in [6, 6.07) is 7.55. The van der Waals surface area contributed by atoms with Crippen LogP contribution in [0.4, 0.5) is 5.69 Å². The van der Waals surface area contributed by atoms with Gasteiger partial charge in [-0.25, -0.2) is 0 Å². The Morgan fingerprint density at radius 1 is 1.25 bits per heavy atom. The average molecular weight is 278 g/mol. The van der Waals surface area contributed by atoms with Crippen molar-refractivity contribution in [2.45, 2.75) is 40.2 Å². The molecule has 1 amide bonds. The Morgan fingerprint density at radius 2 is 1.90 bits per heavy atom. The van der Waals surface area contributed by atoms with E-state index in [0.717, 1.165) is 31.1 Å². The molecule has 0 aliphatic rings. The van der Waals surface area contributed by atoms with Crippen molar-refractivity contribution in [1.82, 2.24) is 4.90 Å². The molecule has 1 rings (SSSR count). The van der Waals surface area contributed by atoms with Crippen LogP contribution in [0.2, 0.25) is 0 Å². The maximum absolute atomic E-state index is 12.0. The van der Waals surface area contributed by atoms with E-state index in [-0.39, 0.29) is 12.0 Å². The van der Waals surface area contributed by atoms with Gasteiger partial charge in [0.2, 0.25) is 5.91 Å². The van der Waals surface area contributed by atoms with Gasteiger partial charge in [0.25, 0.3) is 0 Å². The zero-order chi connectivity index (χ0) is 15.0. The summed E-state index contributed by atoms with van der Waals surface area (Å²) in [5.74, 6) is 0.746. The van der Waals surface area contributed by atoms with E-state index in [9.17, 15) is 4.79 Å². The van der Waals surface area contributed by atoms with Gasteiger partial charge in [-0.15, -0.1) is 0 Å². The molecule has 0 heterocycles. The molecule has 0 atom stereocenters. The predicted octanol–water partition coefficient (Wildman–Crippen LogP) is 3.14. The van der Waals surface area contributed by atoms with Crippen LogP contribution in [0.3, 0.4) is 0 Å². The van der Waals surface area contributed by atoms with Crippen LogP contribution in [-0.4, -0.2) is 36.5 Å². The molecule has 1 aromatic carbocycles. The third kappa shape index (κ3) is 5.61. The number of hydrogen-bond acceptors (Lipinski definition) is 3. The van der Waals surface area contributed by atoms with Gasteiger partial charge >= 0.3 is 0 Å². The molecule has 0 unspecified atom stereocenters. The van der Waals surface area contributed by atoms with Crippen LogP contribution in [-0.2, 0) is 4.79 Å². The maximum atomic E-state index is 12.0. The Kier molecular flexibility index (Phi) is 7.09. The lowest BCUT2D eigenvalue weighted by Crippen LogP contribution is -2.27. The SMILES string of the molecule is CCN(CC)CCC(=O)Nc1ccccc1OC(C)C. The lowest BCUT2D eigenvalue weighted by Gasteiger charge is -2.18. The second-order valence-electron chi connectivity index (χ2n) is 4.99. The molecular weight excluding hydrogens is 252 g/mol. The smallest absolute Gasteiger partial charge is 0.225 e. The van der Waals surface area contributed by atoms with E-state index in [1.165, 1.54) is 0 Å². The molecule has 1 aromatic rings. The third-order valence-electron chi connectivity index (χ3n) is 3.07. The number of nitrogens with one attached hydrogen (secondary N) is 1. The first-order valence-electron chi connectivity index (χ1n) is 7.34. The molecule has 0 saturated heterocycles. The molecule has 4 heteroatoms. The molecule has 4 nitrogen and oxygen atoms in total. The molecule has 0 fully saturated rings. The molecule has 0 spiro atoms. The van der Waals surface area contributed by atoms with Crippen molar-refractivity contribution in [2.75, 3.05) is 25.0 Å². The van der Waals surface area contributed by atoms with Gasteiger partial charge in [-0.05, 0) is 39.1 Å². The van der Waals surface area contributed by atoms with Crippen LogP contribution < -0.4 is 10.1 Å². The van der Waals surface area contributed by atoms with Crippen LogP contribution in [0.15, 0.2) is 24.3 Å². The van der Waals surface area contributed by atoms with Gasteiger partial charge in [0.15, 0.2) is 0 Å². The maximum Gasteiger partial charge on any atom is 0.225 e. The fourth-order valence-corrected chi connectivity index (χ4v) is 1.94. The minimum absolute atomic E-state index is 0.0247. The van der Waals surface area contributed by atoms with Crippen molar-refractivity contribution in [2.24, 2.45) is 0 Å². The minimum Gasteiger partial charge on any atom is -0.489 e. The quantitative estimate of drug-likeness (QED) is 0.794. The number of hydrogen-bond donors (Lipinski definition) is 1. The predicted molar refractivity (Wildman–Crippen MR) is 83.2 cm³/mol. The number of amides is 1. The molecule has 0 radical (unpaired) electrons. The first-order valence-corrected chi connectivity index (χ1v) is 7.34. The highest BCUT2D eigenvalue weighted by Crippen LogP contribution is 2.24. The van der Waals surface area contributed by atoms with Crippen LogP contribution in [0.5, 0.6) is 5.75 Å². The topological polar surface area (TPSA) is 41.6 Å². The third-order valence-corrected chi connectivity index (χ3v) is 3.07. The van der Waals surface area contributed by atoms with Crippen molar-refractivity contribution < 1.29 is 9.53 Å². The Bertz CT molecular complexity index is 415. The summed E-state index contributed by atoms with van der Waals surface area (Å²) < 4.78 is 5.69. The number of benzene rings is 1. The molecule has 0 bridgehead atoms. The van der Waals surface area contributed by atoms with E-state index in [1.54, 1.807) is 0 Å². The normalized spacial score (nSPS) is 10.9. The zero-order valence-corrected chi connectivity index (χ0v) is 13.0. The first-order chi connectivity index (χ1) is 9.56. The van der Waals surface area contributed by atoms with E-state index in [4.69, 9.17) is 4.74 Å². The van der Waals surface area contributed by atoms with Crippen LogP contribution in [0.1, 0.15) is 34.1 Å². The van der Waals surface area contributed by atoms with Gasteiger partial charge in [0.05, 0.1) is 11.8 Å². The number of anilines is 1. The standard InChI is InChI=1S/C16H26N2O2/c1-5-18(6-2)12-11-16(19)17-14-9-7-8-10-15(14)20-13(3)4/h7-10,13H,5-6,11-12H2,1-4H3,(H,17,19). The van der Waals surface area contributed by atoms with Gasteiger partial charge in [-0.3, -0.25) is 4.79 Å². The van der Waals surface area contributed by atoms with E-state index < -0.39 is 0 Å². The molecule has 1 N–H and O–H groups in total. The molecule has 20 heavy (non-hydrogen) atoms. The Balaban J connectivity index is 2.57. The highest BCUT2D eigenvalue weighted by atomic mass is 16.5. The number of carbonyl (C=O) groups is 1. The number of carbonyl (C=O) groups excluding carboxylic acids is 1. The summed E-state index contributed by atoms with van der Waals surface area (Å²) in [5.41, 5.74) is 0.741. The van der Waals surface area contributed by atoms with Gasteiger partial charge in [-0.2, -0.15) is 0 Å².